The predicted molar refractivity (Wildman–Crippen MR) is 102 cm³/mol. The third-order valence-electron chi connectivity index (χ3n) is 4.85. The number of carbonyl (C=O) groups excluding carboxylic acids is 2. The lowest BCUT2D eigenvalue weighted by atomic mass is 9.87. The summed E-state index contributed by atoms with van der Waals surface area (Å²) in [6.07, 6.45) is 3.50. The summed E-state index contributed by atoms with van der Waals surface area (Å²) in [5.41, 5.74) is 7.71. The molecule has 0 unspecified atom stereocenters. The maximum Gasteiger partial charge on any atom is 0.317 e. The van der Waals surface area contributed by atoms with Gasteiger partial charge < -0.3 is 20.7 Å². The first-order chi connectivity index (χ1) is 12.5. The summed E-state index contributed by atoms with van der Waals surface area (Å²) in [6.45, 7) is 6.06. The van der Waals surface area contributed by atoms with Gasteiger partial charge in [0.05, 0.1) is 12.7 Å². The summed E-state index contributed by atoms with van der Waals surface area (Å²) in [7, 11) is 0. The Kier molecular flexibility index (Phi) is 7.91. The highest BCUT2D eigenvalue weighted by Crippen LogP contribution is 2.26. The fraction of sp³-hybridized carbons (Fsp3) is 0.600. The number of aryl methyl sites for hydroxylation is 1. The molecule has 144 valence electrons. The third kappa shape index (κ3) is 6.33. The first-order valence-corrected chi connectivity index (χ1v) is 9.48. The number of carbonyl (C=O) groups is 2. The predicted octanol–water partition coefficient (Wildman–Crippen LogP) is 2.59. The van der Waals surface area contributed by atoms with Gasteiger partial charge >= 0.3 is 6.03 Å². The standard InChI is InChI=1S/C20H31N3O3/c1-3-22-20(25)23(14-16-9-7-15(2)8-10-16)11-12-26-18-6-4-5-17(13-18)19(21)24/h7-10,17-18H,3-6,11-14H2,1-2H3,(H2,21,24)(H,22,25)/t17-,18+/m0/s1. The molecule has 26 heavy (non-hydrogen) atoms. The Hall–Kier alpha value is -2.08. The first kappa shape index (κ1) is 20.2. The van der Waals surface area contributed by atoms with Crippen molar-refractivity contribution in [1.82, 2.24) is 10.2 Å². The Labute approximate surface area is 156 Å². The minimum absolute atomic E-state index is 0.0525. The second-order valence-corrected chi connectivity index (χ2v) is 7.00. The van der Waals surface area contributed by atoms with Crippen LogP contribution in [0.4, 0.5) is 4.79 Å². The zero-order valence-electron chi connectivity index (χ0n) is 15.9. The fourth-order valence-corrected chi connectivity index (χ4v) is 3.31. The number of urea groups is 1. The van der Waals surface area contributed by atoms with Gasteiger partial charge in [0, 0.05) is 25.6 Å². The van der Waals surface area contributed by atoms with E-state index in [1.54, 1.807) is 4.90 Å². The number of nitrogens with zero attached hydrogens (tertiary/aromatic N) is 1. The van der Waals surface area contributed by atoms with E-state index < -0.39 is 0 Å². The smallest absolute Gasteiger partial charge is 0.317 e. The minimum Gasteiger partial charge on any atom is -0.376 e. The Morgan fingerprint density at radius 1 is 1.27 bits per heavy atom. The molecule has 0 spiro atoms. The molecular formula is C20H31N3O3. The van der Waals surface area contributed by atoms with Crippen LogP contribution in [0, 0.1) is 12.8 Å². The van der Waals surface area contributed by atoms with Gasteiger partial charge in [0.15, 0.2) is 0 Å². The fourth-order valence-electron chi connectivity index (χ4n) is 3.31. The molecule has 0 aromatic heterocycles. The average Bonchev–Trinajstić information content (AvgIpc) is 2.63. The number of amides is 3. The first-order valence-electron chi connectivity index (χ1n) is 9.48. The molecule has 1 aromatic rings. The molecule has 2 rings (SSSR count). The molecule has 1 aromatic carbocycles. The number of nitrogens with two attached hydrogens (primary N) is 1. The number of hydrogen-bond acceptors (Lipinski definition) is 3. The molecular weight excluding hydrogens is 330 g/mol. The molecule has 1 fully saturated rings. The Morgan fingerprint density at radius 2 is 2.00 bits per heavy atom. The summed E-state index contributed by atoms with van der Waals surface area (Å²) >= 11 is 0. The largest absolute Gasteiger partial charge is 0.376 e. The lowest BCUT2D eigenvalue weighted by Crippen LogP contribution is -2.41. The van der Waals surface area contributed by atoms with Crippen molar-refractivity contribution in [3.05, 3.63) is 35.4 Å². The molecule has 1 saturated carbocycles. The molecule has 3 amide bonds. The van der Waals surface area contributed by atoms with Gasteiger partial charge in [-0.1, -0.05) is 36.2 Å². The summed E-state index contributed by atoms with van der Waals surface area (Å²) in [4.78, 5) is 25.5. The molecule has 3 N–H and O–H groups in total. The van der Waals surface area contributed by atoms with Crippen LogP contribution in [0.25, 0.3) is 0 Å². The zero-order chi connectivity index (χ0) is 18.9. The molecule has 0 radical (unpaired) electrons. The van der Waals surface area contributed by atoms with Crippen LogP contribution < -0.4 is 11.1 Å². The van der Waals surface area contributed by atoms with Crippen molar-refractivity contribution in [3.8, 4) is 0 Å². The van der Waals surface area contributed by atoms with Crippen LogP contribution in [0.3, 0.4) is 0 Å². The molecule has 0 aliphatic heterocycles. The highest BCUT2D eigenvalue weighted by Gasteiger charge is 2.26. The maximum atomic E-state index is 12.3. The average molecular weight is 361 g/mol. The molecule has 6 nitrogen and oxygen atoms in total. The number of hydrogen-bond donors (Lipinski definition) is 2. The van der Waals surface area contributed by atoms with Crippen molar-refractivity contribution in [2.45, 2.75) is 52.2 Å². The van der Waals surface area contributed by atoms with Crippen LogP contribution in [-0.2, 0) is 16.1 Å². The van der Waals surface area contributed by atoms with E-state index in [9.17, 15) is 9.59 Å². The maximum absolute atomic E-state index is 12.3. The number of nitrogens with one attached hydrogen (secondary N) is 1. The van der Waals surface area contributed by atoms with Crippen LogP contribution in [0.5, 0.6) is 0 Å². The second kappa shape index (κ2) is 10.2. The minimum atomic E-state index is -0.235. The molecule has 2 atom stereocenters. The van der Waals surface area contributed by atoms with Gasteiger partial charge in [-0.2, -0.15) is 0 Å². The molecule has 0 bridgehead atoms. The van der Waals surface area contributed by atoms with E-state index in [2.05, 4.69) is 5.32 Å². The van der Waals surface area contributed by atoms with Crippen LogP contribution in [0.1, 0.15) is 43.7 Å². The Balaban J connectivity index is 1.86. The monoisotopic (exact) mass is 361 g/mol. The van der Waals surface area contributed by atoms with Crippen LogP contribution >= 0.6 is 0 Å². The number of ether oxygens (including phenoxy) is 1. The molecule has 1 aliphatic carbocycles. The van der Waals surface area contributed by atoms with Crippen molar-refractivity contribution in [3.63, 3.8) is 0 Å². The quantitative estimate of drug-likeness (QED) is 0.746. The van der Waals surface area contributed by atoms with E-state index in [1.807, 2.05) is 38.1 Å². The highest BCUT2D eigenvalue weighted by molar-refractivity contribution is 5.76. The number of primary amides is 1. The lowest BCUT2D eigenvalue weighted by Gasteiger charge is -2.29. The summed E-state index contributed by atoms with van der Waals surface area (Å²) in [6, 6.07) is 8.10. The summed E-state index contributed by atoms with van der Waals surface area (Å²) in [5, 5.41) is 2.86. The van der Waals surface area contributed by atoms with Gasteiger partial charge in [0.25, 0.3) is 0 Å². The summed E-state index contributed by atoms with van der Waals surface area (Å²) < 4.78 is 5.95. The summed E-state index contributed by atoms with van der Waals surface area (Å²) in [5.74, 6) is -0.317. The van der Waals surface area contributed by atoms with Gasteiger partial charge in [-0.3, -0.25) is 4.79 Å². The normalized spacial score (nSPS) is 19.8. The van der Waals surface area contributed by atoms with E-state index in [1.165, 1.54) is 5.56 Å². The number of benzene rings is 1. The third-order valence-corrected chi connectivity index (χ3v) is 4.85. The van der Waals surface area contributed by atoms with Crippen LogP contribution in [0.15, 0.2) is 24.3 Å². The highest BCUT2D eigenvalue weighted by atomic mass is 16.5. The van der Waals surface area contributed by atoms with Crippen molar-refractivity contribution in [2.24, 2.45) is 11.7 Å². The van der Waals surface area contributed by atoms with E-state index in [-0.39, 0.29) is 24.0 Å². The van der Waals surface area contributed by atoms with Crippen molar-refractivity contribution in [1.29, 1.82) is 0 Å². The second-order valence-electron chi connectivity index (χ2n) is 7.00. The zero-order valence-corrected chi connectivity index (χ0v) is 15.9. The Bertz CT molecular complexity index is 588. The molecule has 0 saturated heterocycles. The van der Waals surface area contributed by atoms with E-state index in [0.717, 1.165) is 24.8 Å². The molecule has 1 aliphatic rings. The lowest BCUT2D eigenvalue weighted by molar-refractivity contribution is -0.124. The van der Waals surface area contributed by atoms with Crippen molar-refractivity contribution < 1.29 is 14.3 Å². The van der Waals surface area contributed by atoms with Gasteiger partial charge in [-0.05, 0) is 38.7 Å². The van der Waals surface area contributed by atoms with Crippen LogP contribution in [0.2, 0.25) is 0 Å². The number of rotatable bonds is 8. The van der Waals surface area contributed by atoms with Gasteiger partial charge in [0.1, 0.15) is 0 Å². The Morgan fingerprint density at radius 3 is 2.65 bits per heavy atom. The van der Waals surface area contributed by atoms with E-state index in [0.29, 0.717) is 32.7 Å². The van der Waals surface area contributed by atoms with Crippen molar-refractivity contribution in [2.75, 3.05) is 19.7 Å². The van der Waals surface area contributed by atoms with E-state index in [4.69, 9.17) is 10.5 Å². The van der Waals surface area contributed by atoms with Gasteiger partial charge in [-0.15, -0.1) is 0 Å². The SMILES string of the molecule is CCNC(=O)N(CCO[C@@H]1CCC[C@H](C(N)=O)C1)Cc1ccc(C)cc1. The van der Waals surface area contributed by atoms with Gasteiger partial charge in [-0.25, -0.2) is 4.79 Å². The van der Waals surface area contributed by atoms with Crippen LogP contribution in [-0.4, -0.2) is 42.6 Å². The molecule has 0 heterocycles. The van der Waals surface area contributed by atoms with Gasteiger partial charge in [0.2, 0.25) is 5.91 Å². The molecule has 6 heteroatoms. The van der Waals surface area contributed by atoms with Crippen molar-refractivity contribution >= 4 is 11.9 Å². The van der Waals surface area contributed by atoms with E-state index >= 15 is 0 Å². The topological polar surface area (TPSA) is 84.7 Å².